The largest absolute Gasteiger partial charge is 0.480 e. The van der Waals surface area contributed by atoms with Crippen LogP contribution in [-0.2, 0) is 20.8 Å². The summed E-state index contributed by atoms with van der Waals surface area (Å²) in [5.74, 6) is -2.52. The van der Waals surface area contributed by atoms with E-state index in [-0.39, 0.29) is 6.42 Å². The van der Waals surface area contributed by atoms with Crippen LogP contribution in [0.5, 0.6) is 0 Å². The Kier molecular flexibility index (Phi) is 5.05. The molecule has 1 aromatic carbocycles. The van der Waals surface area contributed by atoms with Gasteiger partial charge in [0.15, 0.2) is 0 Å². The van der Waals surface area contributed by atoms with Crippen molar-refractivity contribution in [3.8, 4) is 0 Å². The molecule has 1 atom stereocenters. The van der Waals surface area contributed by atoms with Crippen LogP contribution in [-0.4, -0.2) is 28.9 Å². The number of carboxylic acids is 1. The molecule has 0 saturated heterocycles. The Balaban J connectivity index is 2.59. The molecule has 0 heterocycles. The van der Waals surface area contributed by atoms with Crippen molar-refractivity contribution in [1.29, 1.82) is 0 Å². The minimum Gasteiger partial charge on any atom is -0.480 e. The lowest BCUT2D eigenvalue weighted by Gasteiger charge is -2.12. The number of nitrogens with one attached hydrogen (secondary N) is 1. The molecule has 0 spiro atoms. The number of carbonyl (C=O) groups is 3. The maximum atomic E-state index is 11.7. The van der Waals surface area contributed by atoms with Gasteiger partial charge in [0, 0.05) is 0 Å². The summed E-state index contributed by atoms with van der Waals surface area (Å²) in [6.07, 6.45) is -0.363. The molecule has 2 amide bonds. The lowest BCUT2D eigenvalue weighted by Crippen LogP contribution is -2.43. The van der Waals surface area contributed by atoms with E-state index in [9.17, 15) is 14.4 Å². The summed E-state index contributed by atoms with van der Waals surface area (Å²) < 4.78 is 0. The molecule has 6 nitrogen and oxygen atoms in total. The molecule has 1 rings (SSSR count). The lowest BCUT2D eigenvalue weighted by atomic mass is 10.1. The van der Waals surface area contributed by atoms with Gasteiger partial charge < -0.3 is 16.2 Å². The molecule has 1 aromatic rings. The first-order valence-electron chi connectivity index (χ1n) is 5.74. The average Bonchev–Trinajstić information content (AvgIpc) is 2.30. The van der Waals surface area contributed by atoms with Crippen LogP contribution in [0.2, 0.25) is 0 Å². The molecular formula is C13H16N2O4. The second-order valence-electron chi connectivity index (χ2n) is 4.29. The normalized spacial score (nSPS) is 11.6. The van der Waals surface area contributed by atoms with E-state index in [1.807, 2.05) is 19.1 Å². The zero-order valence-corrected chi connectivity index (χ0v) is 10.6. The number of carbonyl (C=O) groups excluding carboxylic acids is 2. The molecule has 0 radical (unpaired) electrons. The van der Waals surface area contributed by atoms with Gasteiger partial charge in [-0.05, 0) is 12.5 Å². The van der Waals surface area contributed by atoms with Crippen molar-refractivity contribution in [1.82, 2.24) is 5.32 Å². The predicted molar refractivity (Wildman–Crippen MR) is 68.3 cm³/mol. The van der Waals surface area contributed by atoms with Crippen molar-refractivity contribution in [2.75, 3.05) is 0 Å². The molecule has 0 aliphatic carbocycles. The van der Waals surface area contributed by atoms with Gasteiger partial charge in [0.2, 0.25) is 11.8 Å². The van der Waals surface area contributed by atoms with Gasteiger partial charge in [-0.2, -0.15) is 0 Å². The van der Waals surface area contributed by atoms with Gasteiger partial charge in [-0.15, -0.1) is 0 Å². The van der Waals surface area contributed by atoms with E-state index in [1.54, 1.807) is 12.1 Å². The van der Waals surface area contributed by atoms with Crippen molar-refractivity contribution in [2.45, 2.75) is 25.8 Å². The maximum Gasteiger partial charge on any atom is 0.326 e. The van der Waals surface area contributed by atoms with E-state index >= 15 is 0 Å². The Bertz CT molecular complexity index is 482. The van der Waals surface area contributed by atoms with E-state index < -0.39 is 30.2 Å². The zero-order valence-electron chi connectivity index (χ0n) is 10.6. The van der Waals surface area contributed by atoms with Crippen LogP contribution in [0.3, 0.4) is 0 Å². The highest BCUT2D eigenvalue weighted by Gasteiger charge is 2.21. The highest BCUT2D eigenvalue weighted by Crippen LogP contribution is 2.04. The van der Waals surface area contributed by atoms with Crippen LogP contribution in [0, 0.1) is 6.92 Å². The summed E-state index contributed by atoms with van der Waals surface area (Å²) in [4.78, 5) is 33.2. The molecule has 0 unspecified atom stereocenters. The van der Waals surface area contributed by atoms with Crippen LogP contribution in [0.1, 0.15) is 17.5 Å². The number of primary amides is 1. The smallest absolute Gasteiger partial charge is 0.326 e. The summed E-state index contributed by atoms with van der Waals surface area (Å²) in [6, 6.07) is 6.02. The fourth-order valence-electron chi connectivity index (χ4n) is 1.54. The van der Waals surface area contributed by atoms with Gasteiger partial charge in [-0.3, -0.25) is 9.59 Å². The standard InChI is InChI=1S/C13H16N2O4/c1-8-2-4-9(5-3-8)6-12(17)15-10(13(18)19)7-11(14)16/h2-5,10H,6-7H2,1H3,(H2,14,16)(H,15,17)(H,18,19)/t10-/m0/s1. The lowest BCUT2D eigenvalue weighted by molar-refractivity contribution is -0.143. The molecule has 6 heteroatoms. The molecular weight excluding hydrogens is 248 g/mol. The molecule has 19 heavy (non-hydrogen) atoms. The number of aliphatic carboxylic acids is 1. The number of nitrogens with two attached hydrogens (primary N) is 1. The Labute approximate surface area is 110 Å². The minimum atomic E-state index is -1.28. The Morgan fingerprint density at radius 3 is 2.32 bits per heavy atom. The van der Waals surface area contributed by atoms with Crippen molar-refractivity contribution in [3.63, 3.8) is 0 Å². The highest BCUT2D eigenvalue weighted by molar-refractivity contribution is 5.88. The number of amides is 2. The van der Waals surface area contributed by atoms with Crippen molar-refractivity contribution < 1.29 is 19.5 Å². The molecule has 4 N–H and O–H groups in total. The van der Waals surface area contributed by atoms with Gasteiger partial charge in [0.05, 0.1) is 12.8 Å². The Morgan fingerprint density at radius 2 is 1.84 bits per heavy atom. The van der Waals surface area contributed by atoms with Crippen LogP contribution < -0.4 is 11.1 Å². The number of hydrogen-bond donors (Lipinski definition) is 3. The van der Waals surface area contributed by atoms with E-state index in [0.29, 0.717) is 0 Å². The SMILES string of the molecule is Cc1ccc(CC(=O)N[C@@H](CC(N)=O)C(=O)O)cc1. The third-order valence-corrected chi connectivity index (χ3v) is 2.52. The van der Waals surface area contributed by atoms with Crippen LogP contribution in [0.4, 0.5) is 0 Å². The number of carboxylic acid groups (broad SMARTS) is 1. The molecule has 0 fully saturated rings. The van der Waals surface area contributed by atoms with E-state index in [0.717, 1.165) is 11.1 Å². The minimum absolute atomic E-state index is 0.0584. The monoisotopic (exact) mass is 264 g/mol. The molecule has 0 saturated carbocycles. The number of rotatable bonds is 6. The molecule has 102 valence electrons. The zero-order chi connectivity index (χ0) is 14.4. The van der Waals surface area contributed by atoms with Gasteiger partial charge in [-0.25, -0.2) is 4.79 Å². The third kappa shape index (κ3) is 5.20. The summed E-state index contributed by atoms with van der Waals surface area (Å²) in [7, 11) is 0. The van der Waals surface area contributed by atoms with Crippen LogP contribution >= 0.6 is 0 Å². The second-order valence-corrected chi connectivity index (χ2v) is 4.29. The average molecular weight is 264 g/mol. The summed E-state index contributed by atoms with van der Waals surface area (Å²) in [5, 5.41) is 11.1. The molecule has 0 aliphatic heterocycles. The molecule has 0 aliphatic rings. The topological polar surface area (TPSA) is 109 Å². The van der Waals surface area contributed by atoms with E-state index in [4.69, 9.17) is 10.8 Å². The van der Waals surface area contributed by atoms with Gasteiger partial charge in [0.1, 0.15) is 6.04 Å². The molecule has 0 aromatic heterocycles. The van der Waals surface area contributed by atoms with E-state index in [2.05, 4.69) is 5.32 Å². The predicted octanol–water partition coefficient (Wildman–Crippen LogP) is -0.0177. The van der Waals surface area contributed by atoms with Crippen LogP contribution in [0.15, 0.2) is 24.3 Å². The van der Waals surface area contributed by atoms with Gasteiger partial charge in [-0.1, -0.05) is 29.8 Å². The maximum absolute atomic E-state index is 11.7. The summed E-state index contributed by atoms with van der Waals surface area (Å²) in [5.41, 5.74) is 6.76. The fraction of sp³-hybridized carbons (Fsp3) is 0.308. The first-order chi connectivity index (χ1) is 8.88. The summed E-state index contributed by atoms with van der Waals surface area (Å²) in [6.45, 7) is 1.93. The quantitative estimate of drug-likeness (QED) is 0.670. The van der Waals surface area contributed by atoms with Crippen molar-refractivity contribution >= 4 is 17.8 Å². The Morgan fingerprint density at radius 1 is 1.26 bits per heavy atom. The van der Waals surface area contributed by atoms with E-state index in [1.165, 1.54) is 0 Å². The number of aryl methyl sites for hydroxylation is 1. The highest BCUT2D eigenvalue weighted by atomic mass is 16.4. The third-order valence-electron chi connectivity index (χ3n) is 2.52. The number of benzene rings is 1. The molecule has 0 bridgehead atoms. The van der Waals surface area contributed by atoms with Crippen molar-refractivity contribution in [3.05, 3.63) is 35.4 Å². The second kappa shape index (κ2) is 6.53. The van der Waals surface area contributed by atoms with Gasteiger partial charge in [0.25, 0.3) is 0 Å². The first kappa shape index (κ1) is 14.7. The Hall–Kier alpha value is -2.37. The summed E-state index contributed by atoms with van der Waals surface area (Å²) >= 11 is 0. The fourth-order valence-corrected chi connectivity index (χ4v) is 1.54. The van der Waals surface area contributed by atoms with Crippen LogP contribution in [0.25, 0.3) is 0 Å². The number of hydrogen-bond acceptors (Lipinski definition) is 3. The van der Waals surface area contributed by atoms with Crippen molar-refractivity contribution in [2.24, 2.45) is 5.73 Å². The first-order valence-corrected chi connectivity index (χ1v) is 5.74. The van der Waals surface area contributed by atoms with Gasteiger partial charge >= 0.3 is 5.97 Å².